The highest BCUT2D eigenvalue weighted by molar-refractivity contribution is 6.02. The lowest BCUT2D eigenvalue weighted by molar-refractivity contribution is 0.0694. The van der Waals surface area contributed by atoms with Crippen molar-refractivity contribution < 1.29 is 38.8 Å². The van der Waals surface area contributed by atoms with Crippen LogP contribution in [0.4, 0.5) is 10.1 Å². The molecule has 234 valence electrons. The molecule has 0 spiro atoms. The van der Waals surface area contributed by atoms with Gasteiger partial charge in [-0.05, 0) is 36.8 Å². The van der Waals surface area contributed by atoms with Gasteiger partial charge in [-0.25, -0.2) is 9.18 Å². The van der Waals surface area contributed by atoms with Crippen LogP contribution in [0.3, 0.4) is 0 Å². The van der Waals surface area contributed by atoms with E-state index < -0.39 is 28.9 Å². The van der Waals surface area contributed by atoms with Crippen LogP contribution in [0.25, 0.3) is 10.9 Å². The number of carbonyl (C=O) groups excluding carboxylic acids is 1. The van der Waals surface area contributed by atoms with Crippen molar-refractivity contribution in [2.45, 2.75) is 26.0 Å². The number of pyridine rings is 1. The minimum Gasteiger partial charge on any atom is -0.508 e. The van der Waals surface area contributed by atoms with Crippen molar-refractivity contribution >= 4 is 28.3 Å². The number of phenols is 2. The highest BCUT2D eigenvalue weighted by Gasteiger charge is 2.31. The Morgan fingerprint density at radius 3 is 2.47 bits per heavy atom. The average molecular weight is 618 g/mol. The molecule has 0 amide bonds. The summed E-state index contributed by atoms with van der Waals surface area (Å²) in [6.07, 6.45) is 0.804. The van der Waals surface area contributed by atoms with E-state index in [1.54, 1.807) is 28.8 Å². The average Bonchev–Trinajstić information content (AvgIpc) is 3.01. The molecule has 1 aromatic heterocycles. The van der Waals surface area contributed by atoms with Crippen LogP contribution in [-0.4, -0.2) is 75.9 Å². The van der Waals surface area contributed by atoms with Crippen molar-refractivity contribution in [2.75, 3.05) is 44.2 Å². The predicted octanol–water partition coefficient (Wildman–Crippen LogP) is 4.18. The molecule has 0 unspecified atom stereocenters. The summed E-state index contributed by atoms with van der Waals surface area (Å²) < 4.78 is 28.8. The van der Waals surface area contributed by atoms with Gasteiger partial charge in [0.25, 0.3) is 0 Å². The maximum absolute atomic E-state index is 15.2. The number of aromatic carboxylic acids is 1. The van der Waals surface area contributed by atoms with Gasteiger partial charge in [-0.2, -0.15) is 0 Å². The molecule has 45 heavy (non-hydrogen) atoms. The number of ketones is 1. The van der Waals surface area contributed by atoms with E-state index in [9.17, 15) is 29.7 Å². The van der Waals surface area contributed by atoms with Crippen LogP contribution in [0.5, 0.6) is 23.0 Å². The summed E-state index contributed by atoms with van der Waals surface area (Å²) in [6, 6.07) is 12.2. The molecule has 0 bridgehead atoms. The Bertz CT molecular complexity index is 1850. The van der Waals surface area contributed by atoms with Gasteiger partial charge in [0.15, 0.2) is 5.78 Å². The summed E-state index contributed by atoms with van der Waals surface area (Å²) in [7, 11) is 0. The number of carboxylic acid groups (broad SMARTS) is 1. The zero-order valence-corrected chi connectivity index (χ0v) is 24.5. The fourth-order valence-electron chi connectivity index (χ4n) is 5.93. The first-order valence-electron chi connectivity index (χ1n) is 14.7. The first kappa shape index (κ1) is 29.9. The van der Waals surface area contributed by atoms with Crippen LogP contribution in [0, 0.1) is 5.82 Å². The number of benzene rings is 3. The van der Waals surface area contributed by atoms with E-state index in [1.165, 1.54) is 24.4 Å². The zero-order valence-electron chi connectivity index (χ0n) is 24.5. The molecule has 2 aliphatic heterocycles. The van der Waals surface area contributed by atoms with E-state index in [2.05, 4.69) is 4.90 Å². The lowest BCUT2D eigenvalue weighted by Crippen LogP contribution is -2.47. The van der Waals surface area contributed by atoms with E-state index in [-0.39, 0.29) is 40.4 Å². The van der Waals surface area contributed by atoms with Gasteiger partial charge >= 0.3 is 5.97 Å². The fourth-order valence-corrected chi connectivity index (χ4v) is 5.93. The molecule has 1 atom stereocenters. The van der Waals surface area contributed by atoms with Crippen LogP contribution in [0.1, 0.15) is 45.7 Å². The SMILES string of the molecule is CCn1cc(C(=O)O)c(=O)c2cc(F)c(N3CCN(CCOc4cc(O)c5c(c4)O[C@H](c4ccc(O)cc4)CC5=O)CC3)cc21. The van der Waals surface area contributed by atoms with Crippen LogP contribution >= 0.6 is 0 Å². The second-order valence-corrected chi connectivity index (χ2v) is 11.1. The second-order valence-electron chi connectivity index (χ2n) is 11.1. The molecule has 3 aromatic carbocycles. The van der Waals surface area contributed by atoms with Crippen molar-refractivity contribution in [2.24, 2.45) is 0 Å². The molecule has 0 saturated carbocycles. The first-order valence-corrected chi connectivity index (χ1v) is 14.7. The maximum Gasteiger partial charge on any atom is 0.341 e. The van der Waals surface area contributed by atoms with Crippen LogP contribution in [0.2, 0.25) is 0 Å². The number of aryl methyl sites for hydroxylation is 1. The van der Waals surface area contributed by atoms with Crippen molar-refractivity contribution in [1.29, 1.82) is 0 Å². The lowest BCUT2D eigenvalue weighted by Gasteiger charge is -2.36. The highest BCUT2D eigenvalue weighted by atomic mass is 19.1. The molecule has 11 nitrogen and oxygen atoms in total. The molecule has 6 rings (SSSR count). The standard InChI is InChI=1S/C33H32FN3O8/c1-2-36-18-23(33(42)43)32(41)22-15-24(34)26(16-25(22)36)37-9-7-35(8-10-37)11-12-44-21-13-27(39)31-28(40)17-29(45-30(31)14-21)19-3-5-20(38)6-4-19/h3-6,13-16,18,29,38-39H,2,7-12,17H2,1H3,(H,42,43)/t29-/m0/s1. The molecule has 0 radical (unpaired) electrons. The van der Waals surface area contributed by atoms with Crippen molar-refractivity contribution in [1.82, 2.24) is 9.47 Å². The van der Waals surface area contributed by atoms with Gasteiger partial charge in [-0.1, -0.05) is 12.1 Å². The number of fused-ring (bicyclic) bond motifs is 2. The van der Waals surface area contributed by atoms with E-state index in [0.29, 0.717) is 62.8 Å². The third kappa shape index (κ3) is 5.88. The van der Waals surface area contributed by atoms with E-state index in [0.717, 1.165) is 11.6 Å². The predicted molar refractivity (Wildman–Crippen MR) is 163 cm³/mol. The number of carbonyl (C=O) groups is 2. The minimum atomic E-state index is -1.35. The molecule has 12 heteroatoms. The number of rotatable bonds is 8. The Hall–Kier alpha value is -5.10. The summed E-state index contributed by atoms with van der Waals surface area (Å²) in [6.45, 7) is 5.41. The molecule has 3 N–H and O–H groups in total. The number of phenolic OH excluding ortho intramolecular Hbond substituents is 2. The molecule has 4 aromatic rings. The van der Waals surface area contributed by atoms with E-state index in [1.807, 2.05) is 11.8 Å². The zero-order chi connectivity index (χ0) is 31.8. The third-order valence-corrected chi connectivity index (χ3v) is 8.35. The number of aromatic hydroxyl groups is 2. The van der Waals surface area contributed by atoms with Gasteiger partial charge in [0.05, 0.1) is 17.6 Å². The largest absolute Gasteiger partial charge is 0.508 e. The van der Waals surface area contributed by atoms with Gasteiger partial charge in [0.2, 0.25) is 5.43 Å². The fraction of sp³-hybridized carbons (Fsp3) is 0.303. The van der Waals surface area contributed by atoms with Crippen molar-refractivity contribution in [3.05, 3.63) is 87.5 Å². The number of piperazine rings is 1. The maximum atomic E-state index is 15.2. The summed E-state index contributed by atoms with van der Waals surface area (Å²) in [4.78, 5) is 41.0. The molecule has 1 fully saturated rings. The molecular formula is C33H32FN3O8. The van der Waals surface area contributed by atoms with Gasteiger partial charge in [-0.3, -0.25) is 14.5 Å². The summed E-state index contributed by atoms with van der Waals surface area (Å²) in [5.41, 5.74) is 0.582. The van der Waals surface area contributed by atoms with Crippen LogP contribution in [0.15, 0.2) is 59.5 Å². The number of hydrogen-bond donors (Lipinski definition) is 3. The Balaban J connectivity index is 1.08. The number of Topliss-reactive ketones (excluding diaryl/α,β-unsaturated/α-hetero) is 1. The Labute approximate surface area is 257 Å². The minimum absolute atomic E-state index is 0.0349. The van der Waals surface area contributed by atoms with Crippen molar-refractivity contribution in [3.63, 3.8) is 0 Å². The van der Waals surface area contributed by atoms with E-state index in [4.69, 9.17) is 9.47 Å². The molecule has 0 aliphatic carbocycles. The lowest BCUT2D eigenvalue weighted by atomic mass is 9.95. The van der Waals surface area contributed by atoms with Crippen LogP contribution < -0.4 is 19.8 Å². The molecule has 1 saturated heterocycles. The number of anilines is 1. The number of hydrogen-bond acceptors (Lipinski definition) is 9. The number of nitrogens with zero attached hydrogens (tertiary/aromatic N) is 3. The molecular weight excluding hydrogens is 585 g/mol. The topological polar surface area (TPSA) is 142 Å². The first-order chi connectivity index (χ1) is 21.6. The van der Waals surface area contributed by atoms with Gasteiger partial charge in [0.1, 0.15) is 52.7 Å². The van der Waals surface area contributed by atoms with E-state index >= 15 is 4.39 Å². The Morgan fingerprint density at radius 2 is 1.78 bits per heavy atom. The van der Waals surface area contributed by atoms with Gasteiger partial charge < -0.3 is 34.3 Å². The van der Waals surface area contributed by atoms with Gasteiger partial charge in [-0.15, -0.1) is 0 Å². The smallest absolute Gasteiger partial charge is 0.341 e. The quantitative estimate of drug-likeness (QED) is 0.264. The number of aromatic nitrogens is 1. The van der Waals surface area contributed by atoms with Crippen molar-refractivity contribution in [3.8, 4) is 23.0 Å². The van der Waals surface area contributed by atoms with Crippen LogP contribution in [-0.2, 0) is 6.54 Å². The normalized spacial score (nSPS) is 16.8. The number of ether oxygens (including phenoxy) is 2. The highest BCUT2D eigenvalue weighted by Crippen LogP contribution is 2.42. The third-order valence-electron chi connectivity index (χ3n) is 8.35. The summed E-state index contributed by atoms with van der Waals surface area (Å²) >= 11 is 0. The Morgan fingerprint density at radius 1 is 1.04 bits per heavy atom. The second kappa shape index (κ2) is 12.1. The number of halogens is 1. The summed E-state index contributed by atoms with van der Waals surface area (Å²) in [5.74, 6) is -1.69. The molecule has 2 aliphatic rings. The summed E-state index contributed by atoms with van der Waals surface area (Å²) in [5, 5.41) is 29.5. The molecule has 3 heterocycles. The Kier molecular flexibility index (Phi) is 8.07. The monoisotopic (exact) mass is 617 g/mol. The number of carboxylic acids is 1. The van der Waals surface area contributed by atoms with Gasteiger partial charge in [0, 0.05) is 63.0 Å².